The van der Waals surface area contributed by atoms with Gasteiger partial charge in [0.05, 0.1) is 0 Å². The first kappa shape index (κ1) is 10.4. The predicted octanol–water partition coefficient (Wildman–Crippen LogP) is 3.24. The first-order valence-corrected chi connectivity index (χ1v) is 4.86. The molecule has 1 aromatic rings. The van der Waals surface area contributed by atoms with Gasteiger partial charge in [0.25, 0.3) is 0 Å². The fourth-order valence-corrected chi connectivity index (χ4v) is 1.20. The maximum absolute atomic E-state index is 4.65. The molecule has 1 nitrogen and oxygen atoms in total. The van der Waals surface area contributed by atoms with Gasteiger partial charge in [-0.25, -0.2) is 0 Å². The van der Waals surface area contributed by atoms with Crippen molar-refractivity contribution in [2.45, 2.75) is 52.4 Å². The molecule has 1 rings (SSSR count). The van der Waals surface area contributed by atoms with Crippen LogP contribution in [-0.2, 0) is 10.8 Å². The maximum Gasteiger partial charge on any atom is -0.0336 e. The van der Waals surface area contributed by atoms with E-state index in [0.717, 1.165) is 0 Å². The van der Waals surface area contributed by atoms with Crippen LogP contribution >= 0.6 is 0 Å². The molecule has 0 saturated carbocycles. The molecule has 0 amide bonds. The first-order chi connectivity index (χ1) is 5.71. The van der Waals surface area contributed by atoms with E-state index in [1.807, 2.05) is 0 Å². The van der Waals surface area contributed by atoms with Gasteiger partial charge in [0.1, 0.15) is 0 Å². The van der Waals surface area contributed by atoms with Gasteiger partial charge >= 0.3 is 0 Å². The summed E-state index contributed by atoms with van der Waals surface area (Å²) >= 11 is 0. The largest absolute Gasteiger partial charge is 0.664 e. The predicted molar refractivity (Wildman–Crippen MR) is 57.2 cm³/mol. The standard InChI is InChI=1S/C12H20N/c1-11(2,3)9-7-8-10(13-9)12(4,5)6/h7-8H,1-6H3/q-1. The Morgan fingerprint density at radius 1 is 0.769 bits per heavy atom. The zero-order valence-electron chi connectivity index (χ0n) is 9.60. The van der Waals surface area contributed by atoms with Gasteiger partial charge in [-0.15, -0.1) is 0 Å². The van der Waals surface area contributed by atoms with E-state index in [1.54, 1.807) is 0 Å². The quantitative estimate of drug-likeness (QED) is 0.595. The van der Waals surface area contributed by atoms with Gasteiger partial charge in [0.2, 0.25) is 0 Å². The van der Waals surface area contributed by atoms with Crippen molar-refractivity contribution in [3.63, 3.8) is 0 Å². The van der Waals surface area contributed by atoms with E-state index >= 15 is 0 Å². The van der Waals surface area contributed by atoms with Crippen LogP contribution in [0.5, 0.6) is 0 Å². The van der Waals surface area contributed by atoms with Crippen LogP contribution in [0, 0.1) is 0 Å². The second-order valence-corrected chi connectivity index (χ2v) is 5.72. The van der Waals surface area contributed by atoms with E-state index in [-0.39, 0.29) is 10.8 Å². The Balaban J connectivity index is 3.01. The summed E-state index contributed by atoms with van der Waals surface area (Å²) in [6.07, 6.45) is 0. The van der Waals surface area contributed by atoms with Crippen LogP contribution in [0.1, 0.15) is 52.9 Å². The minimum atomic E-state index is 0.170. The molecule has 0 aromatic carbocycles. The zero-order valence-corrected chi connectivity index (χ0v) is 9.60. The van der Waals surface area contributed by atoms with Crippen molar-refractivity contribution >= 4 is 0 Å². The molecule has 0 radical (unpaired) electrons. The highest BCUT2D eigenvalue weighted by Gasteiger charge is 2.12. The van der Waals surface area contributed by atoms with Gasteiger partial charge in [-0.05, 0) is 10.8 Å². The van der Waals surface area contributed by atoms with E-state index in [0.29, 0.717) is 0 Å². The van der Waals surface area contributed by atoms with Gasteiger partial charge in [0.15, 0.2) is 0 Å². The van der Waals surface area contributed by atoms with Crippen LogP contribution in [0.3, 0.4) is 0 Å². The Hall–Kier alpha value is -0.720. The summed E-state index contributed by atoms with van der Waals surface area (Å²) in [6.45, 7) is 13.2. The monoisotopic (exact) mass is 178 g/mol. The highest BCUT2D eigenvalue weighted by Crippen LogP contribution is 2.25. The van der Waals surface area contributed by atoms with Crippen LogP contribution < -0.4 is 4.98 Å². The molecule has 1 heterocycles. The zero-order chi connectivity index (χ0) is 10.3. The SMILES string of the molecule is CC(C)(C)c1ccc(C(C)(C)C)[n-]1. The smallest absolute Gasteiger partial charge is 0.0336 e. The lowest BCUT2D eigenvalue weighted by Crippen LogP contribution is -2.16. The van der Waals surface area contributed by atoms with Crippen molar-refractivity contribution in [2.75, 3.05) is 0 Å². The van der Waals surface area contributed by atoms with Crippen LogP contribution in [0.2, 0.25) is 0 Å². The van der Waals surface area contributed by atoms with E-state index in [2.05, 4.69) is 58.7 Å². The number of hydrogen-bond acceptors (Lipinski definition) is 0. The van der Waals surface area contributed by atoms with Crippen molar-refractivity contribution in [1.82, 2.24) is 4.98 Å². The Bertz CT molecular complexity index is 252. The van der Waals surface area contributed by atoms with Gasteiger partial charge in [-0.2, -0.15) is 11.4 Å². The summed E-state index contributed by atoms with van der Waals surface area (Å²) in [4.78, 5) is 4.65. The average molecular weight is 178 g/mol. The molecule has 74 valence electrons. The molecule has 0 aliphatic heterocycles. The molecule has 0 aliphatic carbocycles. The van der Waals surface area contributed by atoms with E-state index in [1.165, 1.54) is 11.4 Å². The molecule has 0 bridgehead atoms. The Labute approximate surface area is 81.6 Å². The summed E-state index contributed by atoms with van der Waals surface area (Å²) in [5, 5.41) is 0. The minimum Gasteiger partial charge on any atom is -0.664 e. The van der Waals surface area contributed by atoms with Gasteiger partial charge in [-0.3, -0.25) is 0 Å². The molecule has 0 unspecified atom stereocenters. The normalized spacial score (nSPS) is 13.4. The Morgan fingerprint density at radius 3 is 1.23 bits per heavy atom. The molecule has 0 atom stereocenters. The average Bonchev–Trinajstić information content (AvgIpc) is 2.28. The second kappa shape index (κ2) is 2.90. The molecular weight excluding hydrogens is 158 g/mol. The summed E-state index contributed by atoms with van der Waals surface area (Å²) in [7, 11) is 0. The van der Waals surface area contributed by atoms with Gasteiger partial charge in [-0.1, -0.05) is 53.7 Å². The van der Waals surface area contributed by atoms with Crippen molar-refractivity contribution in [2.24, 2.45) is 0 Å². The van der Waals surface area contributed by atoms with Gasteiger partial charge in [0, 0.05) is 0 Å². The first-order valence-electron chi connectivity index (χ1n) is 4.86. The van der Waals surface area contributed by atoms with Crippen LogP contribution in [0.25, 0.3) is 0 Å². The molecule has 0 spiro atoms. The van der Waals surface area contributed by atoms with Crippen LogP contribution in [0.4, 0.5) is 0 Å². The summed E-state index contributed by atoms with van der Waals surface area (Å²) in [6, 6.07) is 4.28. The highest BCUT2D eigenvalue weighted by molar-refractivity contribution is 5.23. The number of hydrogen-bond donors (Lipinski definition) is 0. The van der Waals surface area contributed by atoms with Crippen molar-refractivity contribution in [3.8, 4) is 0 Å². The Kier molecular flexibility index (Phi) is 2.31. The van der Waals surface area contributed by atoms with Crippen molar-refractivity contribution in [3.05, 3.63) is 23.5 Å². The van der Waals surface area contributed by atoms with E-state index in [4.69, 9.17) is 0 Å². The Morgan fingerprint density at radius 2 is 1.08 bits per heavy atom. The fraction of sp³-hybridized carbons (Fsp3) is 0.667. The van der Waals surface area contributed by atoms with Crippen LogP contribution in [-0.4, -0.2) is 0 Å². The lowest BCUT2D eigenvalue weighted by Gasteiger charge is -2.29. The molecule has 0 N–H and O–H groups in total. The molecule has 13 heavy (non-hydrogen) atoms. The third kappa shape index (κ3) is 2.36. The number of rotatable bonds is 0. The van der Waals surface area contributed by atoms with Gasteiger partial charge < -0.3 is 4.98 Å². The molecular formula is C12H20N-. The summed E-state index contributed by atoms with van der Waals surface area (Å²) in [5.41, 5.74) is 2.72. The van der Waals surface area contributed by atoms with Crippen LogP contribution in [0.15, 0.2) is 12.1 Å². The van der Waals surface area contributed by atoms with Crippen molar-refractivity contribution in [1.29, 1.82) is 0 Å². The topological polar surface area (TPSA) is 14.1 Å². The van der Waals surface area contributed by atoms with Crippen molar-refractivity contribution < 1.29 is 0 Å². The number of nitrogens with zero attached hydrogens (tertiary/aromatic N) is 1. The number of aromatic nitrogens is 1. The highest BCUT2D eigenvalue weighted by atomic mass is 14.8. The summed E-state index contributed by atoms with van der Waals surface area (Å²) < 4.78 is 0. The van der Waals surface area contributed by atoms with E-state index < -0.39 is 0 Å². The molecule has 1 heteroatoms. The fourth-order valence-electron chi connectivity index (χ4n) is 1.20. The molecule has 0 saturated heterocycles. The van der Waals surface area contributed by atoms with E-state index in [9.17, 15) is 0 Å². The molecule has 0 fully saturated rings. The third-order valence-electron chi connectivity index (χ3n) is 2.18. The lowest BCUT2D eigenvalue weighted by molar-refractivity contribution is 0.539. The maximum atomic E-state index is 4.65. The molecule has 1 aromatic heterocycles. The lowest BCUT2D eigenvalue weighted by atomic mass is 9.92. The second-order valence-electron chi connectivity index (χ2n) is 5.72. The molecule has 0 aliphatic rings. The minimum absolute atomic E-state index is 0.170. The third-order valence-corrected chi connectivity index (χ3v) is 2.18. The summed E-state index contributed by atoms with van der Waals surface area (Å²) in [5.74, 6) is 0.